The van der Waals surface area contributed by atoms with Gasteiger partial charge in [0.25, 0.3) is 5.91 Å². The predicted octanol–water partition coefficient (Wildman–Crippen LogP) is 3.06. The van der Waals surface area contributed by atoms with Gasteiger partial charge in [-0.25, -0.2) is 0 Å². The summed E-state index contributed by atoms with van der Waals surface area (Å²) in [7, 11) is 4.07. The lowest BCUT2D eigenvalue weighted by Gasteiger charge is -2.23. The number of hydrogen-bond acceptors (Lipinski definition) is 4. The summed E-state index contributed by atoms with van der Waals surface area (Å²) < 4.78 is 0. The number of nitrogens with zero attached hydrogens (tertiary/aromatic N) is 3. The van der Waals surface area contributed by atoms with E-state index >= 15 is 0 Å². The largest absolute Gasteiger partial charge is 0.351 e. The van der Waals surface area contributed by atoms with Crippen LogP contribution in [-0.2, 0) is 4.79 Å². The van der Waals surface area contributed by atoms with Gasteiger partial charge < -0.3 is 10.2 Å². The molecule has 136 valence electrons. The summed E-state index contributed by atoms with van der Waals surface area (Å²) >= 11 is 0. The molecule has 2 aromatic rings. The zero-order valence-electron chi connectivity index (χ0n) is 15.4. The second-order valence-corrected chi connectivity index (χ2v) is 6.77. The quantitative estimate of drug-likeness (QED) is 0.781. The molecule has 1 amide bonds. The zero-order chi connectivity index (χ0) is 18.4. The molecule has 1 unspecified atom stereocenters. The number of hydrazone groups is 1. The van der Waals surface area contributed by atoms with Crippen LogP contribution in [0.25, 0.3) is 0 Å². The van der Waals surface area contributed by atoms with E-state index in [9.17, 15) is 4.79 Å². The number of nitrogens with one attached hydrogen (secondary N) is 1. The first-order valence-corrected chi connectivity index (χ1v) is 9.05. The van der Waals surface area contributed by atoms with Crippen molar-refractivity contribution in [3.8, 4) is 0 Å². The van der Waals surface area contributed by atoms with E-state index in [1.807, 2.05) is 67.6 Å². The fourth-order valence-corrected chi connectivity index (χ4v) is 3.10. The van der Waals surface area contributed by atoms with E-state index < -0.39 is 0 Å². The summed E-state index contributed by atoms with van der Waals surface area (Å²) in [6.07, 6.45) is 1.54. The van der Waals surface area contributed by atoms with Crippen LogP contribution in [0.5, 0.6) is 0 Å². The van der Waals surface area contributed by atoms with Gasteiger partial charge in [-0.05, 0) is 44.8 Å². The molecule has 1 heterocycles. The lowest BCUT2D eigenvalue weighted by atomic mass is 10.0. The molecular formula is C21H26N4O. The van der Waals surface area contributed by atoms with Gasteiger partial charge in [0.15, 0.2) is 0 Å². The van der Waals surface area contributed by atoms with Gasteiger partial charge in [-0.15, -0.1) is 0 Å². The fourth-order valence-electron chi connectivity index (χ4n) is 3.10. The Labute approximate surface area is 155 Å². The van der Waals surface area contributed by atoms with Crippen molar-refractivity contribution in [3.63, 3.8) is 0 Å². The molecule has 0 radical (unpaired) electrons. The minimum atomic E-state index is -0.0666. The Kier molecular flexibility index (Phi) is 6.02. The van der Waals surface area contributed by atoms with E-state index in [4.69, 9.17) is 0 Å². The Morgan fingerprint density at radius 3 is 2.42 bits per heavy atom. The summed E-state index contributed by atoms with van der Waals surface area (Å²) in [5.74, 6) is -0.0666. The van der Waals surface area contributed by atoms with Crippen LogP contribution in [0.2, 0.25) is 0 Å². The third kappa shape index (κ3) is 4.49. The molecule has 0 aliphatic carbocycles. The lowest BCUT2D eigenvalue weighted by Crippen LogP contribution is -2.32. The lowest BCUT2D eigenvalue weighted by molar-refractivity contribution is -0.114. The second-order valence-electron chi connectivity index (χ2n) is 6.77. The van der Waals surface area contributed by atoms with Crippen LogP contribution >= 0.6 is 0 Å². The summed E-state index contributed by atoms with van der Waals surface area (Å²) in [5.41, 5.74) is 2.75. The molecule has 26 heavy (non-hydrogen) atoms. The third-order valence-corrected chi connectivity index (χ3v) is 4.45. The van der Waals surface area contributed by atoms with Gasteiger partial charge in [0.1, 0.15) is 5.71 Å². The molecule has 0 bridgehead atoms. The van der Waals surface area contributed by atoms with Gasteiger partial charge in [0.05, 0.1) is 11.7 Å². The van der Waals surface area contributed by atoms with Crippen molar-refractivity contribution in [1.82, 2.24) is 10.2 Å². The Morgan fingerprint density at radius 1 is 1.12 bits per heavy atom. The summed E-state index contributed by atoms with van der Waals surface area (Å²) in [6.45, 7) is 1.62. The SMILES string of the molecule is CN(C)CCCNC(=O)C1=NN(c2ccccc2)C(c2ccccc2)C1. The van der Waals surface area contributed by atoms with E-state index in [2.05, 4.69) is 27.5 Å². The van der Waals surface area contributed by atoms with Gasteiger partial charge >= 0.3 is 0 Å². The van der Waals surface area contributed by atoms with Gasteiger partial charge in [-0.3, -0.25) is 9.80 Å². The van der Waals surface area contributed by atoms with Crippen LogP contribution in [0.1, 0.15) is 24.4 Å². The van der Waals surface area contributed by atoms with Crippen molar-refractivity contribution < 1.29 is 4.79 Å². The van der Waals surface area contributed by atoms with E-state index in [0.29, 0.717) is 18.7 Å². The smallest absolute Gasteiger partial charge is 0.267 e. The van der Waals surface area contributed by atoms with E-state index in [1.165, 1.54) is 0 Å². The third-order valence-electron chi connectivity index (χ3n) is 4.45. The van der Waals surface area contributed by atoms with Crippen LogP contribution in [0.4, 0.5) is 5.69 Å². The number of amides is 1. The number of benzene rings is 2. The average Bonchev–Trinajstić information content (AvgIpc) is 3.12. The van der Waals surface area contributed by atoms with Crippen molar-refractivity contribution in [2.24, 2.45) is 5.10 Å². The number of rotatable bonds is 7. The highest BCUT2D eigenvalue weighted by atomic mass is 16.2. The first-order valence-electron chi connectivity index (χ1n) is 9.05. The standard InChI is InChI=1S/C21H26N4O/c1-24(2)15-9-14-22-21(26)19-16-20(17-10-5-3-6-11-17)25(23-19)18-12-7-4-8-13-18/h3-8,10-13,20H,9,14-16H2,1-2H3,(H,22,26). The molecule has 0 fully saturated rings. The summed E-state index contributed by atoms with van der Waals surface area (Å²) in [4.78, 5) is 14.7. The maximum atomic E-state index is 12.6. The molecule has 1 aliphatic rings. The first kappa shape index (κ1) is 18.1. The molecule has 0 saturated carbocycles. The number of carbonyl (C=O) groups excluding carboxylic acids is 1. The maximum Gasteiger partial charge on any atom is 0.267 e. The number of carbonyl (C=O) groups is 1. The number of para-hydroxylation sites is 1. The van der Waals surface area contributed by atoms with Crippen LogP contribution in [0.15, 0.2) is 65.8 Å². The Balaban J connectivity index is 1.74. The highest BCUT2D eigenvalue weighted by molar-refractivity contribution is 6.39. The highest BCUT2D eigenvalue weighted by Crippen LogP contribution is 2.34. The van der Waals surface area contributed by atoms with E-state index in [0.717, 1.165) is 24.2 Å². The second kappa shape index (κ2) is 8.63. The van der Waals surface area contributed by atoms with E-state index in [-0.39, 0.29) is 11.9 Å². The molecule has 2 aromatic carbocycles. The van der Waals surface area contributed by atoms with Crippen LogP contribution in [-0.4, -0.2) is 43.7 Å². The number of hydrogen-bond donors (Lipinski definition) is 1. The zero-order valence-corrected chi connectivity index (χ0v) is 15.4. The van der Waals surface area contributed by atoms with Gasteiger partial charge in [-0.1, -0.05) is 48.5 Å². The van der Waals surface area contributed by atoms with E-state index in [1.54, 1.807) is 0 Å². The van der Waals surface area contributed by atoms with Crippen molar-refractivity contribution in [2.75, 3.05) is 32.2 Å². The molecule has 1 aliphatic heterocycles. The highest BCUT2D eigenvalue weighted by Gasteiger charge is 2.32. The first-order chi connectivity index (χ1) is 12.6. The maximum absolute atomic E-state index is 12.6. The fraction of sp³-hybridized carbons (Fsp3) is 0.333. The topological polar surface area (TPSA) is 47.9 Å². The summed E-state index contributed by atoms with van der Waals surface area (Å²) in [6, 6.07) is 20.3. The molecule has 0 aromatic heterocycles. The van der Waals surface area contributed by atoms with Crippen molar-refractivity contribution in [3.05, 3.63) is 66.2 Å². The normalized spacial score (nSPS) is 16.7. The molecule has 5 heteroatoms. The Hall–Kier alpha value is -2.66. The van der Waals surface area contributed by atoms with Gasteiger partial charge in [0, 0.05) is 13.0 Å². The minimum Gasteiger partial charge on any atom is -0.351 e. The molecular weight excluding hydrogens is 324 g/mol. The Morgan fingerprint density at radius 2 is 1.77 bits per heavy atom. The number of anilines is 1. The summed E-state index contributed by atoms with van der Waals surface area (Å²) in [5, 5.41) is 9.62. The molecule has 3 rings (SSSR count). The van der Waals surface area contributed by atoms with Crippen LogP contribution in [0, 0.1) is 0 Å². The molecule has 1 atom stereocenters. The van der Waals surface area contributed by atoms with Crippen molar-refractivity contribution in [1.29, 1.82) is 0 Å². The Bertz CT molecular complexity index is 743. The predicted molar refractivity (Wildman–Crippen MR) is 106 cm³/mol. The molecule has 1 N–H and O–H groups in total. The van der Waals surface area contributed by atoms with Crippen LogP contribution in [0.3, 0.4) is 0 Å². The van der Waals surface area contributed by atoms with Crippen molar-refractivity contribution >= 4 is 17.3 Å². The van der Waals surface area contributed by atoms with Gasteiger partial charge in [0.2, 0.25) is 0 Å². The molecule has 0 saturated heterocycles. The van der Waals surface area contributed by atoms with Crippen LogP contribution < -0.4 is 10.3 Å². The van der Waals surface area contributed by atoms with Gasteiger partial charge in [-0.2, -0.15) is 5.10 Å². The average molecular weight is 350 g/mol. The van der Waals surface area contributed by atoms with Crippen molar-refractivity contribution in [2.45, 2.75) is 18.9 Å². The minimum absolute atomic E-state index is 0.0427. The molecule has 0 spiro atoms. The molecule has 5 nitrogen and oxygen atoms in total. The monoisotopic (exact) mass is 350 g/mol.